The molecular weight excluding hydrogens is 252 g/mol. The molecule has 20 heavy (non-hydrogen) atoms. The molecule has 3 N–H and O–H groups in total. The van der Waals surface area contributed by atoms with E-state index in [-0.39, 0.29) is 11.4 Å². The van der Waals surface area contributed by atoms with Crippen molar-refractivity contribution in [2.45, 2.75) is 26.2 Å². The smallest absolute Gasteiger partial charge is 0.225 e. The van der Waals surface area contributed by atoms with E-state index in [1.807, 2.05) is 12.1 Å². The predicted molar refractivity (Wildman–Crippen MR) is 81.4 cm³/mol. The van der Waals surface area contributed by atoms with Crippen LogP contribution in [0.1, 0.15) is 26.3 Å². The summed E-state index contributed by atoms with van der Waals surface area (Å²) in [6, 6.07) is 9.94. The SMILES string of the molecule is COc1cc(Nc2ccc(C(C)(C)C)cc2)nc(N)n1. The third-order valence-corrected chi connectivity index (χ3v) is 2.95. The number of hydrogen-bond acceptors (Lipinski definition) is 5. The maximum Gasteiger partial charge on any atom is 0.225 e. The second kappa shape index (κ2) is 5.36. The van der Waals surface area contributed by atoms with E-state index in [4.69, 9.17) is 10.5 Å². The molecule has 0 fully saturated rings. The Hall–Kier alpha value is -2.30. The first kappa shape index (κ1) is 14.1. The fourth-order valence-electron chi connectivity index (χ4n) is 1.81. The minimum absolute atomic E-state index is 0.140. The molecule has 2 rings (SSSR count). The van der Waals surface area contributed by atoms with Gasteiger partial charge >= 0.3 is 0 Å². The highest BCUT2D eigenvalue weighted by atomic mass is 16.5. The van der Waals surface area contributed by atoms with E-state index >= 15 is 0 Å². The van der Waals surface area contributed by atoms with Crippen molar-refractivity contribution >= 4 is 17.5 Å². The Balaban J connectivity index is 2.20. The van der Waals surface area contributed by atoms with Crippen molar-refractivity contribution in [3.05, 3.63) is 35.9 Å². The third kappa shape index (κ3) is 3.38. The molecule has 1 heterocycles. The Kier molecular flexibility index (Phi) is 3.79. The minimum Gasteiger partial charge on any atom is -0.481 e. The Labute approximate surface area is 119 Å². The van der Waals surface area contributed by atoms with Crippen molar-refractivity contribution in [2.24, 2.45) is 0 Å². The average Bonchev–Trinajstić information content (AvgIpc) is 2.37. The molecule has 0 atom stereocenters. The van der Waals surface area contributed by atoms with E-state index in [2.05, 4.69) is 48.2 Å². The molecule has 5 heteroatoms. The first-order valence-corrected chi connectivity index (χ1v) is 6.44. The van der Waals surface area contributed by atoms with E-state index < -0.39 is 0 Å². The van der Waals surface area contributed by atoms with Gasteiger partial charge in [0.1, 0.15) is 5.82 Å². The second-order valence-electron chi connectivity index (χ2n) is 5.61. The van der Waals surface area contributed by atoms with Crippen molar-refractivity contribution in [1.82, 2.24) is 9.97 Å². The summed E-state index contributed by atoms with van der Waals surface area (Å²) in [6.45, 7) is 6.56. The highest BCUT2D eigenvalue weighted by molar-refractivity contribution is 5.58. The second-order valence-corrected chi connectivity index (χ2v) is 5.61. The molecule has 0 amide bonds. The molecular formula is C15H20N4O. The van der Waals surface area contributed by atoms with Crippen molar-refractivity contribution in [2.75, 3.05) is 18.2 Å². The van der Waals surface area contributed by atoms with Gasteiger partial charge < -0.3 is 15.8 Å². The number of hydrogen-bond donors (Lipinski definition) is 2. The van der Waals surface area contributed by atoms with Crippen LogP contribution in [0.5, 0.6) is 5.88 Å². The molecule has 1 aromatic carbocycles. The number of nitrogens with zero attached hydrogens (tertiary/aromatic N) is 2. The molecule has 0 aliphatic rings. The van der Waals surface area contributed by atoms with Gasteiger partial charge in [-0.1, -0.05) is 32.9 Å². The number of methoxy groups -OCH3 is 1. The lowest BCUT2D eigenvalue weighted by Crippen LogP contribution is -2.10. The summed E-state index contributed by atoms with van der Waals surface area (Å²) >= 11 is 0. The van der Waals surface area contributed by atoms with Crippen LogP contribution in [0.2, 0.25) is 0 Å². The fourth-order valence-corrected chi connectivity index (χ4v) is 1.81. The summed E-state index contributed by atoms with van der Waals surface area (Å²) in [5, 5.41) is 3.19. The maximum absolute atomic E-state index is 5.63. The van der Waals surface area contributed by atoms with E-state index in [9.17, 15) is 0 Å². The molecule has 0 radical (unpaired) electrons. The highest BCUT2D eigenvalue weighted by Gasteiger charge is 2.13. The quantitative estimate of drug-likeness (QED) is 0.898. The van der Waals surface area contributed by atoms with Gasteiger partial charge in [0.2, 0.25) is 11.8 Å². The maximum atomic E-state index is 5.63. The molecule has 0 aliphatic carbocycles. The third-order valence-electron chi connectivity index (χ3n) is 2.95. The Morgan fingerprint density at radius 2 is 1.75 bits per heavy atom. The van der Waals surface area contributed by atoms with Crippen LogP contribution < -0.4 is 15.8 Å². The molecule has 0 aliphatic heterocycles. The number of aromatic nitrogens is 2. The summed E-state index contributed by atoms with van der Waals surface area (Å²) in [6.07, 6.45) is 0. The van der Waals surface area contributed by atoms with Crippen LogP contribution in [0.15, 0.2) is 30.3 Å². The van der Waals surface area contributed by atoms with Crippen LogP contribution in [0.3, 0.4) is 0 Å². The lowest BCUT2D eigenvalue weighted by Gasteiger charge is -2.19. The van der Waals surface area contributed by atoms with Crippen LogP contribution >= 0.6 is 0 Å². The first-order chi connectivity index (χ1) is 9.38. The number of benzene rings is 1. The summed E-state index contributed by atoms with van der Waals surface area (Å²) < 4.78 is 5.07. The van der Waals surface area contributed by atoms with Gasteiger partial charge in [-0.05, 0) is 23.1 Å². The molecule has 0 bridgehead atoms. The zero-order valence-corrected chi connectivity index (χ0v) is 12.3. The predicted octanol–water partition coefficient (Wildman–Crippen LogP) is 3.11. The Morgan fingerprint density at radius 1 is 1.10 bits per heavy atom. The number of ether oxygens (including phenoxy) is 1. The first-order valence-electron chi connectivity index (χ1n) is 6.44. The van der Waals surface area contributed by atoms with E-state index in [0.29, 0.717) is 11.7 Å². The van der Waals surface area contributed by atoms with Crippen molar-refractivity contribution < 1.29 is 4.74 Å². The molecule has 0 unspecified atom stereocenters. The fraction of sp³-hybridized carbons (Fsp3) is 0.333. The monoisotopic (exact) mass is 272 g/mol. The summed E-state index contributed by atoms with van der Waals surface area (Å²) in [7, 11) is 1.55. The van der Waals surface area contributed by atoms with Gasteiger partial charge in [-0.2, -0.15) is 9.97 Å². The van der Waals surface area contributed by atoms with Gasteiger partial charge in [-0.25, -0.2) is 0 Å². The Bertz CT molecular complexity index is 588. The number of nitrogen functional groups attached to an aromatic ring is 1. The van der Waals surface area contributed by atoms with Crippen molar-refractivity contribution in [3.63, 3.8) is 0 Å². The molecule has 2 aromatic rings. The number of rotatable bonds is 3. The summed E-state index contributed by atoms with van der Waals surface area (Å²) in [4.78, 5) is 8.07. The normalized spacial score (nSPS) is 11.2. The average molecular weight is 272 g/mol. The molecule has 0 saturated carbocycles. The number of nitrogens with two attached hydrogens (primary N) is 1. The summed E-state index contributed by atoms with van der Waals surface area (Å²) in [5.41, 5.74) is 7.99. The number of nitrogens with one attached hydrogen (secondary N) is 1. The van der Waals surface area contributed by atoms with E-state index in [1.165, 1.54) is 5.56 Å². The lowest BCUT2D eigenvalue weighted by atomic mass is 9.87. The topological polar surface area (TPSA) is 73.1 Å². The lowest BCUT2D eigenvalue weighted by molar-refractivity contribution is 0.398. The van der Waals surface area contributed by atoms with Gasteiger partial charge in [-0.15, -0.1) is 0 Å². The zero-order chi connectivity index (χ0) is 14.8. The van der Waals surface area contributed by atoms with Crippen LogP contribution in [0.4, 0.5) is 17.5 Å². The van der Waals surface area contributed by atoms with Crippen LogP contribution in [0.25, 0.3) is 0 Å². The molecule has 1 aromatic heterocycles. The van der Waals surface area contributed by atoms with Gasteiger partial charge in [0.15, 0.2) is 0 Å². The summed E-state index contributed by atoms with van der Waals surface area (Å²) in [5.74, 6) is 1.22. The van der Waals surface area contributed by atoms with Crippen LogP contribution in [0, 0.1) is 0 Å². The minimum atomic E-state index is 0.140. The van der Waals surface area contributed by atoms with Crippen LogP contribution in [-0.4, -0.2) is 17.1 Å². The van der Waals surface area contributed by atoms with Crippen LogP contribution in [-0.2, 0) is 5.41 Å². The zero-order valence-electron chi connectivity index (χ0n) is 12.3. The molecule has 0 saturated heterocycles. The molecule has 5 nitrogen and oxygen atoms in total. The van der Waals surface area contributed by atoms with E-state index in [0.717, 1.165) is 5.69 Å². The Morgan fingerprint density at radius 3 is 2.30 bits per heavy atom. The molecule has 106 valence electrons. The largest absolute Gasteiger partial charge is 0.481 e. The van der Waals surface area contributed by atoms with Gasteiger partial charge in [0.05, 0.1) is 7.11 Å². The van der Waals surface area contributed by atoms with Gasteiger partial charge in [0.25, 0.3) is 0 Å². The number of anilines is 3. The standard InChI is InChI=1S/C15H20N4O/c1-15(2,3)10-5-7-11(8-6-10)17-12-9-13(20-4)19-14(16)18-12/h5-9H,1-4H3,(H3,16,17,18,19). The molecule has 0 spiro atoms. The van der Waals surface area contributed by atoms with Crippen molar-refractivity contribution in [3.8, 4) is 5.88 Å². The van der Waals surface area contributed by atoms with Crippen molar-refractivity contribution in [1.29, 1.82) is 0 Å². The highest BCUT2D eigenvalue weighted by Crippen LogP contribution is 2.25. The van der Waals surface area contributed by atoms with E-state index in [1.54, 1.807) is 13.2 Å². The van der Waals surface area contributed by atoms with Gasteiger partial charge in [0, 0.05) is 11.8 Å². The van der Waals surface area contributed by atoms with Gasteiger partial charge in [-0.3, -0.25) is 0 Å².